The van der Waals surface area contributed by atoms with Crippen LogP contribution in [0.1, 0.15) is 5.56 Å². The van der Waals surface area contributed by atoms with Gasteiger partial charge in [-0.15, -0.1) is 0 Å². The Hall–Kier alpha value is -2.66. The Morgan fingerprint density at radius 2 is 1.57 bits per heavy atom. The number of hydrogen-bond acceptors (Lipinski definition) is 5. The summed E-state index contributed by atoms with van der Waals surface area (Å²) in [4.78, 5) is 11.4. The molecule has 0 unspecified atom stereocenters. The van der Waals surface area contributed by atoms with E-state index >= 15 is 0 Å². The van der Waals surface area contributed by atoms with Crippen LogP contribution in [-0.4, -0.2) is 43.8 Å². The van der Waals surface area contributed by atoms with Crippen LogP contribution in [0.2, 0.25) is 0 Å². The lowest BCUT2D eigenvalue weighted by atomic mass is 10.1. The van der Waals surface area contributed by atoms with Crippen molar-refractivity contribution in [3.05, 3.63) is 64.2 Å². The largest absolute Gasteiger partial charge is 0.418 e. The third-order valence-corrected chi connectivity index (χ3v) is 6.37. The molecule has 0 aromatic heterocycles. The van der Waals surface area contributed by atoms with Gasteiger partial charge in [-0.3, -0.25) is 10.1 Å². The molecule has 1 fully saturated rings. The van der Waals surface area contributed by atoms with E-state index in [2.05, 4.69) is 0 Å². The summed E-state index contributed by atoms with van der Waals surface area (Å²) in [5, 5.41) is 10.8. The highest BCUT2D eigenvalue weighted by atomic mass is 32.2. The van der Waals surface area contributed by atoms with Crippen molar-refractivity contribution in [3.8, 4) is 0 Å². The van der Waals surface area contributed by atoms with Gasteiger partial charge in [0.2, 0.25) is 10.0 Å². The van der Waals surface area contributed by atoms with Crippen molar-refractivity contribution in [3.63, 3.8) is 0 Å². The van der Waals surface area contributed by atoms with Crippen LogP contribution in [0.4, 0.5) is 24.5 Å². The van der Waals surface area contributed by atoms with Crippen LogP contribution in [0.25, 0.3) is 0 Å². The topological polar surface area (TPSA) is 83.8 Å². The number of benzene rings is 2. The molecule has 150 valence electrons. The Labute approximate surface area is 159 Å². The van der Waals surface area contributed by atoms with Crippen molar-refractivity contribution in [1.29, 1.82) is 0 Å². The fraction of sp³-hybridized carbons (Fsp3) is 0.294. The van der Waals surface area contributed by atoms with E-state index in [0.29, 0.717) is 6.07 Å². The van der Waals surface area contributed by atoms with Crippen LogP contribution in [-0.2, 0) is 16.2 Å². The molecule has 1 saturated heterocycles. The van der Waals surface area contributed by atoms with Gasteiger partial charge in [0, 0.05) is 44.0 Å². The van der Waals surface area contributed by atoms with Crippen molar-refractivity contribution >= 4 is 21.4 Å². The molecule has 0 saturated carbocycles. The van der Waals surface area contributed by atoms with Gasteiger partial charge in [0.1, 0.15) is 0 Å². The van der Waals surface area contributed by atoms with Gasteiger partial charge in [-0.1, -0.05) is 18.2 Å². The Morgan fingerprint density at radius 1 is 0.964 bits per heavy atom. The first-order chi connectivity index (χ1) is 13.1. The lowest BCUT2D eigenvalue weighted by Gasteiger charge is -2.36. The molecule has 1 aliphatic rings. The predicted molar refractivity (Wildman–Crippen MR) is 95.5 cm³/mol. The Balaban J connectivity index is 1.83. The first-order valence-corrected chi connectivity index (χ1v) is 9.70. The molecule has 0 radical (unpaired) electrons. The number of piperazine rings is 1. The second kappa shape index (κ2) is 7.40. The monoisotopic (exact) mass is 415 g/mol. The molecule has 2 aromatic rings. The molecule has 0 N–H and O–H groups in total. The minimum atomic E-state index is -4.77. The average Bonchev–Trinajstić information content (AvgIpc) is 2.67. The van der Waals surface area contributed by atoms with Gasteiger partial charge in [-0.05, 0) is 18.2 Å². The summed E-state index contributed by atoms with van der Waals surface area (Å²) in [5.41, 5.74) is -1.96. The molecule has 3 rings (SSSR count). The standard InChI is InChI=1S/C17H16F3N3O4S/c18-17(19,20)15-12-13(23(24)25)6-7-16(15)21-8-10-22(11-9-21)28(26,27)14-4-2-1-3-5-14/h1-7,12H,8-11H2. The number of nitro groups is 1. The molecule has 7 nitrogen and oxygen atoms in total. The maximum atomic E-state index is 13.4. The van der Waals surface area contributed by atoms with Crippen LogP contribution < -0.4 is 4.90 Å². The summed E-state index contributed by atoms with van der Waals surface area (Å²) in [6, 6.07) is 10.4. The molecule has 0 aliphatic carbocycles. The third-order valence-electron chi connectivity index (χ3n) is 4.46. The Kier molecular flexibility index (Phi) is 5.31. The van der Waals surface area contributed by atoms with Gasteiger partial charge in [-0.2, -0.15) is 17.5 Å². The summed E-state index contributed by atoms with van der Waals surface area (Å²) >= 11 is 0. The number of anilines is 1. The van der Waals surface area contributed by atoms with E-state index in [9.17, 15) is 31.7 Å². The summed E-state index contributed by atoms with van der Waals surface area (Å²) in [6.07, 6.45) is -4.77. The molecule has 11 heteroatoms. The van der Waals surface area contributed by atoms with Gasteiger partial charge in [0.05, 0.1) is 15.4 Å². The van der Waals surface area contributed by atoms with E-state index in [1.807, 2.05) is 0 Å². The molecule has 0 amide bonds. The van der Waals surface area contributed by atoms with E-state index in [1.165, 1.54) is 21.3 Å². The Bertz CT molecular complexity index is 973. The fourth-order valence-electron chi connectivity index (χ4n) is 3.05. The fourth-order valence-corrected chi connectivity index (χ4v) is 4.49. The second-order valence-electron chi connectivity index (χ2n) is 6.16. The zero-order valence-corrected chi connectivity index (χ0v) is 15.3. The van der Waals surface area contributed by atoms with Crippen molar-refractivity contribution < 1.29 is 26.5 Å². The first-order valence-electron chi connectivity index (χ1n) is 8.26. The summed E-state index contributed by atoms with van der Waals surface area (Å²) < 4.78 is 66.6. The van der Waals surface area contributed by atoms with E-state index < -0.39 is 32.4 Å². The minimum Gasteiger partial charge on any atom is -0.368 e. The SMILES string of the molecule is O=[N+]([O-])c1ccc(N2CCN(S(=O)(=O)c3ccccc3)CC2)c(C(F)(F)F)c1. The smallest absolute Gasteiger partial charge is 0.368 e. The maximum absolute atomic E-state index is 13.4. The minimum absolute atomic E-state index is 0.00547. The predicted octanol–water partition coefficient (Wildman–Crippen LogP) is 3.12. The number of halogens is 3. The van der Waals surface area contributed by atoms with Crippen molar-refractivity contribution in [2.75, 3.05) is 31.1 Å². The van der Waals surface area contributed by atoms with E-state index in [1.54, 1.807) is 18.2 Å². The number of sulfonamides is 1. The number of rotatable bonds is 4. The highest BCUT2D eigenvalue weighted by Gasteiger charge is 2.38. The van der Waals surface area contributed by atoms with Gasteiger partial charge < -0.3 is 4.90 Å². The first kappa shape index (κ1) is 20.1. The van der Waals surface area contributed by atoms with Crippen LogP contribution in [0.5, 0.6) is 0 Å². The molecule has 0 spiro atoms. The zero-order chi connectivity index (χ0) is 20.5. The quantitative estimate of drug-likeness (QED) is 0.566. The van der Waals surface area contributed by atoms with E-state index in [-0.39, 0.29) is 36.8 Å². The summed E-state index contributed by atoms with van der Waals surface area (Å²) in [7, 11) is -3.73. The number of non-ortho nitro benzene ring substituents is 1. The number of hydrogen-bond donors (Lipinski definition) is 0. The molecule has 0 atom stereocenters. The number of nitro benzene ring substituents is 1. The van der Waals surface area contributed by atoms with Gasteiger partial charge in [-0.25, -0.2) is 8.42 Å². The molecule has 2 aromatic carbocycles. The Morgan fingerprint density at radius 3 is 2.11 bits per heavy atom. The molecular formula is C17H16F3N3O4S. The van der Waals surface area contributed by atoms with E-state index in [0.717, 1.165) is 12.1 Å². The van der Waals surface area contributed by atoms with Gasteiger partial charge in [0.15, 0.2) is 0 Å². The highest BCUT2D eigenvalue weighted by molar-refractivity contribution is 7.89. The summed E-state index contributed by atoms with van der Waals surface area (Å²) in [6.45, 7) is 0.0803. The van der Waals surface area contributed by atoms with Crippen LogP contribution in [0.15, 0.2) is 53.4 Å². The van der Waals surface area contributed by atoms with Crippen molar-refractivity contribution in [2.45, 2.75) is 11.1 Å². The molecule has 28 heavy (non-hydrogen) atoms. The van der Waals surface area contributed by atoms with Gasteiger partial charge in [0.25, 0.3) is 5.69 Å². The normalized spacial score (nSPS) is 16.2. The van der Waals surface area contributed by atoms with Crippen molar-refractivity contribution in [2.24, 2.45) is 0 Å². The third kappa shape index (κ3) is 3.94. The van der Waals surface area contributed by atoms with Crippen LogP contribution in [0, 0.1) is 10.1 Å². The number of alkyl halides is 3. The lowest BCUT2D eigenvalue weighted by molar-refractivity contribution is -0.385. The highest BCUT2D eigenvalue weighted by Crippen LogP contribution is 2.39. The van der Waals surface area contributed by atoms with Crippen molar-refractivity contribution in [1.82, 2.24) is 4.31 Å². The molecular weight excluding hydrogens is 399 g/mol. The zero-order valence-electron chi connectivity index (χ0n) is 14.5. The van der Waals surface area contributed by atoms with E-state index in [4.69, 9.17) is 0 Å². The molecule has 1 heterocycles. The van der Waals surface area contributed by atoms with Crippen LogP contribution in [0.3, 0.4) is 0 Å². The molecule has 1 aliphatic heterocycles. The summed E-state index contributed by atoms with van der Waals surface area (Å²) in [5.74, 6) is 0. The average molecular weight is 415 g/mol. The maximum Gasteiger partial charge on any atom is 0.418 e. The van der Waals surface area contributed by atoms with Crippen LogP contribution >= 0.6 is 0 Å². The molecule has 0 bridgehead atoms. The number of nitrogens with zero attached hydrogens (tertiary/aromatic N) is 3. The lowest BCUT2D eigenvalue weighted by Crippen LogP contribution is -2.49. The van der Waals surface area contributed by atoms with Gasteiger partial charge >= 0.3 is 6.18 Å². The second-order valence-corrected chi connectivity index (χ2v) is 8.10.